The summed E-state index contributed by atoms with van der Waals surface area (Å²) in [4.78, 5) is 4.88. The summed E-state index contributed by atoms with van der Waals surface area (Å²) in [5.74, 6) is -2.63. The van der Waals surface area contributed by atoms with Gasteiger partial charge in [-0.2, -0.15) is 13.2 Å². The van der Waals surface area contributed by atoms with E-state index in [9.17, 15) is 21.8 Å². The van der Waals surface area contributed by atoms with Gasteiger partial charge >= 0.3 is 6.18 Å². The smallest absolute Gasteiger partial charge is 0.394 e. The summed E-state index contributed by atoms with van der Waals surface area (Å²) in [7, 11) is -2.36. The van der Waals surface area contributed by atoms with Crippen LogP contribution >= 0.6 is 0 Å². The van der Waals surface area contributed by atoms with Crippen molar-refractivity contribution < 1.29 is 26.6 Å². The van der Waals surface area contributed by atoms with Crippen molar-refractivity contribution in [2.75, 3.05) is 12.4 Å². The number of nitrogens with two attached hydrogens (primary N) is 1. The third kappa shape index (κ3) is 6.46. The molecule has 0 bridgehead atoms. The van der Waals surface area contributed by atoms with E-state index < -0.39 is 28.5 Å². The molecule has 0 saturated carbocycles. The van der Waals surface area contributed by atoms with Crippen molar-refractivity contribution in [1.82, 2.24) is 0 Å². The monoisotopic (exact) mass is 368 g/mol. The lowest BCUT2D eigenvalue weighted by molar-refractivity contribution is -0.105. The van der Waals surface area contributed by atoms with Crippen LogP contribution in [0.2, 0.25) is 0 Å². The molecule has 0 amide bonds. The number of hydrogen-bond donors (Lipinski definition) is 1. The molecule has 0 radical (unpaired) electrons. The maximum atomic E-state index is 14.0. The molecule has 136 valence electrons. The van der Waals surface area contributed by atoms with E-state index in [2.05, 4.69) is 5.16 Å². The van der Waals surface area contributed by atoms with Crippen molar-refractivity contribution in [3.63, 3.8) is 0 Å². The fourth-order valence-corrected chi connectivity index (χ4v) is 2.79. The van der Waals surface area contributed by atoms with E-state index in [-0.39, 0.29) is 33.9 Å². The fourth-order valence-electron chi connectivity index (χ4n) is 1.67. The number of nitrogens with zero attached hydrogens (tertiary/aromatic N) is 1. The summed E-state index contributed by atoms with van der Waals surface area (Å²) in [6, 6.07) is 2.00. The first-order valence-corrected chi connectivity index (χ1v) is 8.33. The van der Waals surface area contributed by atoms with Gasteiger partial charge in [-0.15, -0.1) is 0 Å². The largest absolute Gasteiger partial charge is 0.400 e. The first kappa shape index (κ1) is 20.4. The average molecular weight is 368 g/mol. The summed E-state index contributed by atoms with van der Waals surface area (Å²) in [5.41, 5.74) is 5.33. The van der Waals surface area contributed by atoms with E-state index in [1.54, 1.807) is 0 Å². The van der Waals surface area contributed by atoms with Crippen LogP contribution in [0.25, 0.3) is 0 Å². The van der Waals surface area contributed by atoms with E-state index in [0.717, 1.165) is 12.1 Å². The van der Waals surface area contributed by atoms with Crippen LogP contribution in [0.4, 0.5) is 17.6 Å². The highest BCUT2D eigenvalue weighted by Gasteiger charge is 2.32. The average Bonchev–Trinajstić information content (AvgIpc) is 2.34. The van der Waals surface area contributed by atoms with Crippen molar-refractivity contribution in [3.05, 3.63) is 29.1 Å². The molecule has 0 saturated heterocycles. The van der Waals surface area contributed by atoms with E-state index in [0.29, 0.717) is 0 Å². The summed E-state index contributed by atoms with van der Waals surface area (Å²) < 4.78 is 63.1. The first-order valence-electron chi connectivity index (χ1n) is 7.01. The number of benzene rings is 1. The molecule has 1 atom stereocenters. The van der Waals surface area contributed by atoms with Crippen LogP contribution in [0, 0.1) is 18.2 Å². The highest BCUT2D eigenvalue weighted by Crippen LogP contribution is 2.24. The second kappa shape index (κ2) is 7.50. The molecule has 0 aromatic heterocycles. The number of amidine groups is 1. The fraction of sp³-hybridized carbons (Fsp3) is 0.533. The number of aryl methyl sites for hydroxylation is 1. The number of halogens is 4. The summed E-state index contributed by atoms with van der Waals surface area (Å²) >= 11 is 0. The molecule has 0 aliphatic rings. The molecule has 1 aromatic carbocycles. The zero-order chi connectivity index (χ0) is 18.7. The van der Waals surface area contributed by atoms with Crippen LogP contribution < -0.4 is 5.73 Å². The third-order valence-electron chi connectivity index (χ3n) is 2.74. The Balaban J connectivity index is 3.10. The highest BCUT2D eigenvalue weighted by atomic mass is 32.2. The normalized spacial score (nSPS) is 14.6. The SMILES string of the molecule is Cc1cc(F)c(/C(N)=N/OCC(C)(C)C)cc1S(=O)CC(F)(F)F. The second-order valence-corrected chi connectivity index (χ2v) is 7.93. The Morgan fingerprint density at radius 1 is 1.29 bits per heavy atom. The van der Waals surface area contributed by atoms with Gasteiger partial charge in [0.2, 0.25) is 0 Å². The van der Waals surface area contributed by atoms with Gasteiger partial charge in [-0.05, 0) is 30.0 Å². The van der Waals surface area contributed by atoms with E-state index >= 15 is 0 Å². The molecule has 4 nitrogen and oxygen atoms in total. The molecule has 24 heavy (non-hydrogen) atoms. The second-order valence-electron chi connectivity index (χ2n) is 6.51. The van der Waals surface area contributed by atoms with Crippen LogP contribution in [0.1, 0.15) is 31.9 Å². The van der Waals surface area contributed by atoms with Crippen LogP contribution in [0.15, 0.2) is 22.2 Å². The summed E-state index contributed by atoms with van der Waals surface area (Å²) in [5, 5.41) is 3.58. The number of rotatable bonds is 5. The predicted molar refractivity (Wildman–Crippen MR) is 84.6 cm³/mol. The molecule has 0 aliphatic heterocycles. The van der Waals surface area contributed by atoms with E-state index in [1.807, 2.05) is 20.8 Å². The van der Waals surface area contributed by atoms with Gasteiger partial charge in [0.15, 0.2) is 5.84 Å². The van der Waals surface area contributed by atoms with Gasteiger partial charge < -0.3 is 10.6 Å². The van der Waals surface area contributed by atoms with Gasteiger partial charge in [-0.3, -0.25) is 4.21 Å². The first-order chi connectivity index (χ1) is 10.8. The van der Waals surface area contributed by atoms with Crippen molar-refractivity contribution >= 4 is 16.6 Å². The number of hydrogen-bond acceptors (Lipinski definition) is 3. The lowest BCUT2D eigenvalue weighted by atomic mass is 9.99. The molecule has 0 heterocycles. The van der Waals surface area contributed by atoms with Crippen molar-refractivity contribution in [2.24, 2.45) is 16.3 Å². The Morgan fingerprint density at radius 2 is 1.88 bits per heavy atom. The minimum absolute atomic E-state index is 0.141. The van der Waals surface area contributed by atoms with Crippen molar-refractivity contribution in [2.45, 2.75) is 38.8 Å². The van der Waals surface area contributed by atoms with Crippen molar-refractivity contribution in [1.29, 1.82) is 0 Å². The van der Waals surface area contributed by atoms with Crippen molar-refractivity contribution in [3.8, 4) is 0 Å². The third-order valence-corrected chi connectivity index (χ3v) is 4.26. The molecule has 0 spiro atoms. The number of oxime groups is 1. The molecule has 0 fully saturated rings. The lowest BCUT2D eigenvalue weighted by Crippen LogP contribution is -2.21. The topological polar surface area (TPSA) is 64.7 Å². The highest BCUT2D eigenvalue weighted by molar-refractivity contribution is 7.85. The van der Waals surface area contributed by atoms with Gasteiger partial charge in [-0.1, -0.05) is 25.9 Å². The van der Waals surface area contributed by atoms with Crippen LogP contribution in [-0.4, -0.2) is 28.6 Å². The van der Waals surface area contributed by atoms with Crippen LogP contribution in [0.3, 0.4) is 0 Å². The van der Waals surface area contributed by atoms with Gasteiger partial charge in [0.25, 0.3) is 0 Å². The van der Waals surface area contributed by atoms with Gasteiger partial charge in [0, 0.05) is 4.90 Å². The van der Waals surface area contributed by atoms with Crippen LogP contribution in [-0.2, 0) is 15.6 Å². The molecule has 2 N–H and O–H groups in total. The Kier molecular flexibility index (Phi) is 6.38. The summed E-state index contributed by atoms with van der Waals surface area (Å²) in [6.07, 6.45) is -4.60. The molecule has 1 aromatic rings. The molecule has 1 rings (SSSR count). The lowest BCUT2D eigenvalue weighted by Gasteiger charge is -2.16. The van der Waals surface area contributed by atoms with E-state index in [4.69, 9.17) is 10.6 Å². The van der Waals surface area contributed by atoms with Crippen LogP contribution in [0.5, 0.6) is 0 Å². The minimum atomic E-state index is -4.60. The maximum absolute atomic E-state index is 14.0. The maximum Gasteiger partial charge on any atom is 0.400 e. The predicted octanol–water partition coefficient (Wildman–Crippen LogP) is 3.49. The standard InChI is InChI=1S/C15H20F4N2O2S/c1-9-5-11(16)10(13(20)21-23-7-14(2,3)4)6-12(9)24(22)8-15(17,18)19/h5-6H,7-8H2,1-4H3,(H2,20,21). The Morgan fingerprint density at radius 3 is 2.38 bits per heavy atom. The molecule has 0 aliphatic carbocycles. The van der Waals surface area contributed by atoms with Gasteiger partial charge in [0.1, 0.15) is 18.2 Å². The van der Waals surface area contributed by atoms with Gasteiger partial charge in [-0.25, -0.2) is 4.39 Å². The molecule has 9 heteroatoms. The molecule has 1 unspecified atom stereocenters. The van der Waals surface area contributed by atoms with Gasteiger partial charge in [0.05, 0.1) is 16.4 Å². The molecular weight excluding hydrogens is 348 g/mol. The molecular formula is C15H20F4N2O2S. The summed E-state index contributed by atoms with van der Waals surface area (Å²) in [6.45, 7) is 7.27. The van der Waals surface area contributed by atoms with E-state index in [1.165, 1.54) is 6.92 Å². The number of alkyl halides is 3. The Labute approximate surface area is 140 Å². The quantitative estimate of drug-likeness (QED) is 0.374. The minimum Gasteiger partial charge on any atom is -0.394 e. The Bertz CT molecular complexity index is 652. The Hall–Kier alpha value is -1.64. The zero-order valence-electron chi connectivity index (χ0n) is 13.8. The zero-order valence-corrected chi connectivity index (χ0v) is 14.6.